The highest BCUT2D eigenvalue weighted by Gasteiger charge is 2.25. The van der Waals surface area contributed by atoms with Gasteiger partial charge in [0.25, 0.3) is 11.1 Å². The van der Waals surface area contributed by atoms with Crippen molar-refractivity contribution in [3.63, 3.8) is 0 Å². The number of methoxy groups -OCH3 is 1. The lowest BCUT2D eigenvalue weighted by molar-refractivity contribution is 0.102. The minimum absolute atomic E-state index is 0.000851. The molecule has 4 rings (SSSR count). The molecular formula is C22H23ClFN5O4S. The molecule has 2 N–H and O–H groups in total. The van der Waals surface area contributed by atoms with Gasteiger partial charge in [0, 0.05) is 24.1 Å². The number of nitrogens with one attached hydrogen (secondary N) is 1. The molecule has 0 aromatic carbocycles. The molecular weight excluding hydrogens is 485 g/mol. The Hall–Kier alpha value is -2.89. The van der Waals surface area contributed by atoms with Crippen LogP contribution in [0.25, 0.3) is 11.1 Å². The van der Waals surface area contributed by atoms with Gasteiger partial charge < -0.3 is 14.6 Å². The summed E-state index contributed by atoms with van der Waals surface area (Å²) in [5, 5.41) is 20.2. The van der Waals surface area contributed by atoms with E-state index in [2.05, 4.69) is 25.5 Å². The molecule has 1 saturated carbocycles. The van der Waals surface area contributed by atoms with Gasteiger partial charge in [-0.1, -0.05) is 16.7 Å². The van der Waals surface area contributed by atoms with E-state index in [-0.39, 0.29) is 45.4 Å². The van der Waals surface area contributed by atoms with E-state index in [1.807, 2.05) is 0 Å². The SMILES string of the molecule is COc1cnc(Cl)c(F)c1-c1cc(C)ncc1C(=O)Nc1nnc(O[C@H]2CC[C@@H](CO)CC2)s1. The van der Waals surface area contributed by atoms with Gasteiger partial charge >= 0.3 is 0 Å². The number of hydrogen-bond acceptors (Lipinski definition) is 9. The van der Waals surface area contributed by atoms with Gasteiger partial charge in [-0.25, -0.2) is 9.37 Å². The third-order valence-corrected chi connectivity index (χ3v) is 6.66. The number of aryl methyl sites for hydroxylation is 1. The van der Waals surface area contributed by atoms with Crippen molar-refractivity contribution in [2.24, 2.45) is 5.92 Å². The van der Waals surface area contributed by atoms with Crippen molar-refractivity contribution in [3.05, 3.63) is 40.7 Å². The Bertz CT molecular complexity index is 1190. The summed E-state index contributed by atoms with van der Waals surface area (Å²) < 4.78 is 26.1. The molecule has 0 bridgehead atoms. The van der Waals surface area contributed by atoms with Crippen LogP contribution in [0.2, 0.25) is 5.15 Å². The Morgan fingerprint density at radius 1 is 1.26 bits per heavy atom. The summed E-state index contributed by atoms with van der Waals surface area (Å²) in [4.78, 5) is 21.0. The number of aromatic nitrogens is 4. The second-order valence-electron chi connectivity index (χ2n) is 7.95. The van der Waals surface area contributed by atoms with Crippen LogP contribution in [0.15, 0.2) is 18.5 Å². The van der Waals surface area contributed by atoms with Crippen LogP contribution in [-0.2, 0) is 0 Å². The summed E-state index contributed by atoms with van der Waals surface area (Å²) in [6, 6.07) is 1.57. The molecule has 0 unspecified atom stereocenters. The Kier molecular flexibility index (Phi) is 7.54. The van der Waals surface area contributed by atoms with Crippen molar-refractivity contribution in [2.45, 2.75) is 38.7 Å². The summed E-state index contributed by atoms with van der Waals surface area (Å²) >= 11 is 6.99. The summed E-state index contributed by atoms with van der Waals surface area (Å²) in [7, 11) is 1.38. The van der Waals surface area contributed by atoms with E-state index < -0.39 is 11.7 Å². The quantitative estimate of drug-likeness (QED) is 0.454. The fourth-order valence-corrected chi connectivity index (χ4v) is 4.65. The molecule has 34 heavy (non-hydrogen) atoms. The van der Waals surface area contributed by atoms with Gasteiger partial charge in [0.05, 0.1) is 24.4 Å². The number of halogens is 2. The number of carbonyl (C=O) groups excluding carboxylic acids is 1. The average molecular weight is 508 g/mol. The maximum absolute atomic E-state index is 14.9. The molecule has 3 heterocycles. The topological polar surface area (TPSA) is 119 Å². The summed E-state index contributed by atoms with van der Waals surface area (Å²) in [6.07, 6.45) is 6.09. The van der Waals surface area contributed by atoms with E-state index in [4.69, 9.17) is 21.1 Å². The van der Waals surface area contributed by atoms with Crippen molar-refractivity contribution in [3.8, 4) is 22.1 Å². The van der Waals surface area contributed by atoms with Crippen LogP contribution >= 0.6 is 22.9 Å². The normalized spacial score (nSPS) is 17.9. The Morgan fingerprint density at radius 3 is 2.74 bits per heavy atom. The van der Waals surface area contributed by atoms with Gasteiger partial charge in [-0.05, 0) is 55.9 Å². The van der Waals surface area contributed by atoms with Crippen molar-refractivity contribution in [1.82, 2.24) is 20.2 Å². The van der Waals surface area contributed by atoms with Crippen LogP contribution in [0.5, 0.6) is 10.9 Å². The van der Waals surface area contributed by atoms with Gasteiger partial charge in [-0.2, -0.15) is 0 Å². The van der Waals surface area contributed by atoms with Crippen molar-refractivity contribution in [2.75, 3.05) is 19.0 Å². The molecule has 1 aliphatic carbocycles. The van der Waals surface area contributed by atoms with Crippen LogP contribution < -0.4 is 14.8 Å². The number of amides is 1. The molecule has 0 saturated heterocycles. The zero-order chi connectivity index (χ0) is 24.2. The number of ether oxygens (including phenoxy) is 2. The first-order chi connectivity index (χ1) is 16.4. The third kappa shape index (κ3) is 5.26. The van der Waals surface area contributed by atoms with Gasteiger partial charge in [0.15, 0.2) is 11.0 Å². The standard InChI is InChI=1S/C22H23ClFN5O4S/c1-11-7-14(17-16(32-2)9-26-19(23)18(17)24)15(8-25-11)20(31)27-21-28-29-22(34-21)33-13-5-3-12(10-30)4-6-13/h7-9,12-13,30H,3-6,10H2,1-2H3,(H,27,28,31)/t12-,13+. The minimum Gasteiger partial charge on any atom is -0.494 e. The molecule has 3 aromatic rings. The van der Waals surface area contributed by atoms with Gasteiger partial charge in [-0.15, -0.1) is 5.10 Å². The molecule has 180 valence electrons. The Morgan fingerprint density at radius 2 is 2.03 bits per heavy atom. The maximum Gasteiger partial charge on any atom is 0.296 e. The monoisotopic (exact) mass is 507 g/mol. The number of carbonyl (C=O) groups is 1. The van der Waals surface area contributed by atoms with Gasteiger partial charge in [-0.3, -0.25) is 15.1 Å². The zero-order valence-electron chi connectivity index (χ0n) is 18.5. The fraction of sp³-hybridized carbons (Fsp3) is 0.409. The molecule has 3 aromatic heterocycles. The molecule has 0 spiro atoms. The largest absolute Gasteiger partial charge is 0.494 e. The van der Waals surface area contributed by atoms with E-state index in [1.54, 1.807) is 13.0 Å². The summed E-state index contributed by atoms with van der Waals surface area (Å²) in [5.74, 6) is -0.907. The summed E-state index contributed by atoms with van der Waals surface area (Å²) in [6.45, 7) is 1.92. The van der Waals surface area contributed by atoms with Gasteiger partial charge in [0.2, 0.25) is 5.13 Å². The lowest BCUT2D eigenvalue weighted by Gasteiger charge is -2.26. The lowest BCUT2D eigenvalue weighted by Crippen LogP contribution is -2.25. The number of nitrogens with zero attached hydrogens (tertiary/aromatic N) is 4. The summed E-state index contributed by atoms with van der Waals surface area (Å²) in [5.41, 5.74) is 0.941. The van der Waals surface area contributed by atoms with Crippen LogP contribution in [0.1, 0.15) is 41.7 Å². The number of aliphatic hydroxyl groups is 1. The van der Waals surface area contributed by atoms with Crippen molar-refractivity contribution >= 4 is 34.0 Å². The maximum atomic E-state index is 14.9. The first-order valence-corrected chi connectivity index (χ1v) is 11.9. The van der Waals surface area contributed by atoms with Crippen LogP contribution in [0, 0.1) is 18.7 Å². The number of rotatable bonds is 7. The molecule has 0 atom stereocenters. The van der Waals surface area contributed by atoms with Gasteiger partial charge in [0.1, 0.15) is 11.9 Å². The lowest BCUT2D eigenvalue weighted by atomic mass is 9.88. The predicted molar refractivity (Wildman–Crippen MR) is 125 cm³/mol. The highest BCUT2D eigenvalue weighted by atomic mass is 35.5. The minimum atomic E-state index is -0.803. The van der Waals surface area contributed by atoms with E-state index in [0.717, 1.165) is 37.0 Å². The molecule has 1 aliphatic rings. The van der Waals surface area contributed by atoms with E-state index in [1.165, 1.54) is 19.5 Å². The van der Waals surface area contributed by atoms with E-state index in [9.17, 15) is 14.3 Å². The van der Waals surface area contributed by atoms with Crippen LogP contribution in [0.4, 0.5) is 9.52 Å². The molecule has 0 aliphatic heterocycles. The first kappa shape index (κ1) is 24.2. The predicted octanol–water partition coefficient (Wildman–Crippen LogP) is 4.29. The van der Waals surface area contributed by atoms with Crippen LogP contribution in [-0.4, -0.2) is 51.0 Å². The van der Waals surface area contributed by atoms with E-state index >= 15 is 0 Å². The van der Waals surface area contributed by atoms with Crippen molar-refractivity contribution in [1.29, 1.82) is 0 Å². The fourth-order valence-electron chi connectivity index (χ4n) is 3.85. The smallest absolute Gasteiger partial charge is 0.296 e. The molecule has 12 heteroatoms. The Labute approximate surface area is 204 Å². The molecule has 0 radical (unpaired) electrons. The second-order valence-corrected chi connectivity index (χ2v) is 9.25. The highest BCUT2D eigenvalue weighted by molar-refractivity contribution is 7.17. The average Bonchev–Trinajstić information content (AvgIpc) is 3.27. The number of aliphatic hydroxyl groups excluding tert-OH is 1. The Balaban J connectivity index is 1.54. The van der Waals surface area contributed by atoms with E-state index in [0.29, 0.717) is 16.8 Å². The number of pyridine rings is 2. The first-order valence-electron chi connectivity index (χ1n) is 10.7. The number of hydrogen-bond donors (Lipinski definition) is 2. The third-order valence-electron chi connectivity index (χ3n) is 5.66. The highest BCUT2D eigenvalue weighted by Crippen LogP contribution is 2.37. The van der Waals surface area contributed by atoms with Crippen molar-refractivity contribution < 1.29 is 23.8 Å². The molecule has 9 nitrogen and oxygen atoms in total. The molecule has 1 amide bonds. The number of anilines is 1. The zero-order valence-corrected chi connectivity index (χ0v) is 20.1. The van der Waals surface area contributed by atoms with Crippen LogP contribution in [0.3, 0.4) is 0 Å². The molecule has 1 fully saturated rings. The second kappa shape index (κ2) is 10.6.